The van der Waals surface area contributed by atoms with Gasteiger partial charge in [0.1, 0.15) is 17.5 Å². The van der Waals surface area contributed by atoms with Crippen LogP contribution in [0.3, 0.4) is 0 Å². The maximum absolute atomic E-state index is 10.9. The molecule has 0 saturated heterocycles. The molecule has 0 spiro atoms. The number of aliphatic carboxylic acids is 1. The highest BCUT2D eigenvalue weighted by molar-refractivity contribution is 5.90. The average Bonchev–Trinajstić information content (AvgIpc) is 2.45. The maximum atomic E-state index is 10.9. The van der Waals surface area contributed by atoms with E-state index in [2.05, 4.69) is 4.98 Å². The lowest BCUT2D eigenvalue weighted by Gasteiger charge is -2.13. The first-order valence-electron chi connectivity index (χ1n) is 6.04. The van der Waals surface area contributed by atoms with Crippen molar-refractivity contribution in [3.05, 3.63) is 30.0 Å². The third-order valence-corrected chi connectivity index (χ3v) is 3.08. The van der Waals surface area contributed by atoms with Crippen molar-refractivity contribution in [2.75, 3.05) is 14.2 Å². The van der Waals surface area contributed by atoms with Gasteiger partial charge in [0.2, 0.25) is 0 Å². The van der Waals surface area contributed by atoms with Crippen LogP contribution in [0.15, 0.2) is 24.4 Å². The molecular formula is C14H16N2O4. The minimum absolute atomic E-state index is 0.205. The fraction of sp³-hybridized carbons (Fsp3) is 0.286. The SMILES string of the molecule is COc1cc(OC)c2c(CC(N)C(=O)O)ccnc2c1. The first kappa shape index (κ1) is 14.1. The number of aromatic nitrogens is 1. The Balaban J connectivity index is 2.58. The number of rotatable bonds is 5. The number of hydrogen-bond acceptors (Lipinski definition) is 5. The fourth-order valence-corrected chi connectivity index (χ4v) is 2.06. The molecule has 106 valence electrons. The molecule has 1 heterocycles. The van der Waals surface area contributed by atoms with Crippen LogP contribution in [0, 0.1) is 0 Å². The number of carboxylic acid groups (broad SMARTS) is 1. The number of methoxy groups -OCH3 is 2. The number of benzene rings is 1. The number of pyridine rings is 1. The number of nitrogens with two attached hydrogens (primary N) is 1. The summed E-state index contributed by atoms with van der Waals surface area (Å²) in [6.07, 6.45) is 1.82. The summed E-state index contributed by atoms with van der Waals surface area (Å²) in [5.74, 6) is 0.170. The molecule has 0 amide bonds. The Hall–Kier alpha value is -2.34. The van der Waals surface area contributed by atoms with E-state index in [1.807, 2.05) is 0 Å². The maximum Gasteiger partial charge on any atom is 0.320 e. The molecule has 0 fully saturated rings. The van der Waals surface area contributed by atoms with E-state index in [9.17, 15) is 4.79 Å². The molecule has 0 saturated carbocycles. The van der Waals surface area contributed by atoms with Gasteiger partial charge in [0, 0.05) is 23.7 Å². The van der Waals surface area contributed by atoms with Crippen LogP contribution in [0.2, 0.25) is 0 Å². The summed E-state index contributed by atoms with van der Waals surface area (Å²) in [4.78, 5) is 15.2. The zero-order valence-electron chi connectivity index (χ0n) is 11.3. The quantitative estimate of drug-likeness (QED) is 0.852. The molecule has 6 nitrogen and oxygen atoms in total. The third-order valence-electron chi connectivity index (χ3n) is 3.08. The monoisotopic (exact) mass is 276 g/mol. The highest BCUT2D eigenvalue weighted by Gasteiger charge is 2.17. The second-order valence-electron chi connectivity index (χ2n) is 4.34. The smallest absolute Gasteiger partial charge is 0.320 e. The number of fused-ring (bicyclic) bond motifs is 1. The van der Waals surface area contributed by atoms with E-state index >= 15 is 0 Å². The first-order valence-corrected chi connectivity index (χ1v) is 6.04. The Morgan fingerprint density at radius 2 is 2.15 bits per heavy atom. The molecule has 6 heteroatoms. The molecule has 0 radical (unpaired) electrons. The normalized spacial score (nSPS) is 12.2. The van der Waals surface area contributed by atoms with E-state index in [0.29, 0.717) is 17.0 Å². The first-order chi connectivity index (χ1) is 9.56. The van der Waals surface area contributed by atoms with Crippen molar-refractivity contribution in [1.82, 2.24) is 4.98 Å². The van der Waals surface area contributed by atoms with Gasteiger partial charge in [-0.2, -0.15) is 0 Å². The summed E-state index contributed by atoms with van der Waals surface area (Å²) in [7, 11) is 3.10. The van der Waals surface area contributed by atoms with Crippen molar-refractivity contribution in [2.45, 2.75) is 12.5 Å². The van der Waals surface area contributed by atoms with Gasteiger partial charge in [0.25, 0.3) is 0 Å². The van der Waals surface area contributed by atoms with Gasteiger partial charge in [-0.25, -0.2) is 0 Å². The second kappa shape index (κ2) is 5.75. The summed E-state index contributed by atoms with van der Waals surface area (Å²) in [5, 5.41) is 9.69. The molecule has 1 atom stereocenters. The van der Waals surface area contributed by atoms with Gasteiger partial charge in [-0.15, -0.1) is 0 Å². The molecule has 1 unspecified atom stereocenters. The molecule has 3 N–H and O–H groups in total. The van der Waals surface area contributed by atoms with E-state index in [1.54, 1.807) is 38.6 Å². The standard InChI is InChI=1S/C14H16N2O4/c1-19-9-6-11-13(12(7-9)20-2)8(3-4-16-11)5-10(15)14(17)18/h3-4,6-7,10H,5,15H2,1-2H3,(H,17,18). The van der Waals surface area contributed by atoms with Crippen LogP contribution in [0.25, 0.3) is 10.9 Å². The zero-order chi connectivity index (χ0) is 14.7. The van der Waals surface area contributed by atoms with Crippen molar-refractivity contribution in [3.63, 3.8) is 0 Å². The summed E-state index contributed by atoms with van der Waals surface area (Å²) in [6.45, 7) is 0. The van der Waals surface area contributed by atoms with E-state index in [-0.39, 0.29) is 6.42 Å². The van der Waals surface area contributed by atoms with Crippen LogP contribution < -0.4 is 15.2 Å². The molecular weight excluding hydrogens is 260 g/mol. The number of nitrogens with zero attached hydrogens (tertiary/aromatic N) is 1. The predicted octanol–water partition coefficient (Wildman–Crippen LogP) is 1.21. The third kappa shape index (κ3) is 2.65. The van der Waals surface area contributed by atoms with Gasteiger partial charge in [-0.3, -0.25) is 9.78 Å². The minimum atomic E-state index is -1.04. The second-order valence-corrected chi connectivity index (χ2v) is 4.34. The van der Waals surface area contributed by atoms with Crippen LogP contribution in [0.4, 0.5) is 0 Å². The number of carboxylic acids is 1. The molecule has 2 rings (SSSR count). The van der Waals surface area contributed by atoms with Gasteiger partial charge in [-0.1, -0.05) is 0 Å². The number of ether oxygens (including phenoxy) is 2. The highest BCUT2D eigenvalue weighted by Crippen LogP contribution is 2.32. The average molecular weight is 276 g/mol. The number of hydrogen-bond donors (Lipinski definition) is 2. The Morgan fingerprint density at radius 1 is 1.40 bits per heavy atom. The van der Waals surface area contributed by atoms with Crippen LogP contribution in [-0.2, 0) is 11.2 Å². The van der Waals surface area contributed by atoms with Gasteiger partial charge in [-0.05, 0) is 18.1 Å². The van der Waals surface area contributed by atoms with E-state index in [1.165, 1.54) is 0 Å². The Kier molecular flexibility index (Phi) is 4.05. The van der Waals surface area contributed by atoms with E-state index < -0.39 is 12.0 Å². The lowest BCUT2D eigenvalue weighted by Crippen LogP contribution is -2.32. The molecule has 0 bridgehead atoms. The topological polar surface area (TPSA) is 94.7 Å². The van der Waals surface area contributed by atoms with Crippen LogP contribution in [-0.4, -0.2) is 36.3 Å². The van der Waals surface area contributed by atoms with E-state index in [0.717, 1.165) is 10.9 Å². The molecule has 0 aliphatic carbocycles. The number of carbonyl (C=O) groups is 1. The summed E-state index contributed by atoms with van der Waals surface area (Å²) in [5.41, 5.74) is 7.06. The van der Waals surface area contributed by atoms with Crippen molar-refractivity contribution >= 4 is 16.9 Å². The van der Waals surface area contributed by atoms with Gasteiger partial charge in [0.15, 0.2) is 0 Å². The van der Waals surface area contributed by atoms with E-state index in [4.69, 9.17) is 20.3 Å². The van der Waals surface area contributed by atoms with Gasteiger partial charge >= 0.3 is 5.97 Å². The lowest BCUT2D eigenvalue weighted by molar-refractivity contribution is -0.138. The van der Waals surface area contributed by atoms with Crippen molar-refractivity contribution in [1.29, 1.82) is 0 Å². The predicted molar refractivity (Wildman–Crippen MR) is 74.2 cm³/mol. The molecule has 2 aromatic rings. The van der Waals surface area contributed by atoms with Crippen molar-refractivity contribution < 1.29 is 19.4 Å². The fourth-order valence-electron chi connectivity index (χ4n) is 2.06. The largest absolute Gasteiger partial charge is 0.497 e. The van der Waals surface area contributed by atoms with Crippen molar-refractivity contribution in [3.8, 4) is 11.5 Å². The minimum Gasteiger partial charge on any atom is -0.497 e. The van der Waals surface area contributed by atoms with Gasteiger partial charge < -0.3 is 20.3 Å². The molecule has 20 heavy (non-hydrogen) atoms. The summed E-state index contributed by atoms with van der Waals surface area (Å²) in [6, 6.07) is 4.29. The van der Waals surface area contributed by atoms with Crippen LogP contribution in [0.5, 0.6) is 11.5 Å². The molecule has 1 aromatic carbocycles. The summed E-state index contributed by atoms with van der Waals surface area (Å²) >= 11 is 0. The van der Waals surface area contributed by atoms with Crippen LogP contribution in [0.1, 0.15) is 5.56 Å². The Bertz CT molecular complexity index is 642. The molecule has 0 aliphatic heterocycles. The van der Waals surface area contributed by atoms with Crippen LogP contribution >= 0.6 is 0 Å². The Morgan fingerprint density at radius 3 is 2.75 bits per heavy atom. The Labute approximate surface area is 116 Å². The van der Waals surface area contributed by atoms with Gasteiger partial charge in [0.05, 0.1) is 19.7 Å². The molecule has 0 aliphatic rings. The van der Waals surface area contributed by atoms with Crippen molar-refractivity contribution in [2.24, 2.45) is 5.73 Å². The lowest BCUT2D eigenvalue weighted by atomic mass is 10.0. The molecule has 1 aromatic heterocycles. The summed E-state index contributed by atoms with van der Waals surface area (Å²) < 4.78 is 10.5. The highest BCUT2D eigenvalue weighted by atomic mass is 16.5. The zero-order valence-corrected chi connectivity index (χ0v) is 11.3.